The van der Waals surface area contributed by atoms with Crippen LogP contribution < -0.4 is 0 Å². The van der Waals surface area contributed by atoms with Crippen molar-refractivity contribution in [3.63, 3.8) is 0 Å². The maximum atomic E-state index is 12.2. The number of carbonyl (C=O) groups is 1. The van der Waals surface area contributed by atoms with Crippen molar-refractivity contribution in [3.8, 4) is 11.4 Å². The van der Waals surface area contributed by atoms with Crippen LogP contribution in [-0.2, 0) is 24.4 Å². The van der Waals surface area contributed by atoms with Gasteiger partial charge in [0.1, 0.15) is 17.7 Å². The van der Waals surface area contributed by atoms with Crippen molar-refractivity contribution in [1.29, 1.82) is 0 Å². The van der Waals surface area contributed by atoms with Gasteiger partial charge in [-0.3, -0.25) is 14.8 Å². The Morgan fingerprint density at radius 1 is 1.09 bits per heavy atom. The van der Waals surface area contributed by atoms with Crippen LogP contribution >= 0.6 is 12.2 Å². The van der Waals surface area contributed by atoms with Crippen LogP contribution in [0.2, 0.25) is 0 Å². The fourth-order valence-electron chi connectivity index (χ4n) is 3.67. The molecule has 1 aromatic carbocycles. The number of hydrogen-bond donors (Lipinski definition) is 4. The Morgan fingerprint density at radius 2 is 1.75 bits per heavy atom. The smallest absolute Gasteiger partial charge is 0.320 e. The number of carboxylic acids is 1. The Balaban J connectivity index is 1.48. The van der Waals surface area contributed by atoms with Crippen LogP contribution in [0.3, 0.4) is 0 Å². The molecule has 3 aromatic heterocycles. The Kier molecular flexibility index (Phi) is 6.87. The zero-order chi connectivity index (χ0) is 22.3. The molecular weight excluding hydrogens is 428 g/mol. The third-order valence-corrected chi connectivity index (χ3v) is 5.50. The van der Waals surface area contributed by atoms with Gasteiger partial charge in [0.2, 0.25) is 0 Å². The van der Waals surface area contributed by atoms with E-state index in [1.165, 1.54) is 0 Å². The van der Waals surface area contributed by atoms with E-state index in [4.69, 9.17) is 12.2 Å². The summed E-state index contributed by atoms with van der Waals surface area (Å²) in [6.07, 6.45) is 7.79. The molecule has 32 heavy (non-hydrogen) atoms. The first-order valence-corrected chi connectivity index (χ1v) is 10.7. The monoisotopic (exact) mass is 452 g/mol. The van der Waals surface area contributed by atoms with Crippen LogP contribution in [-0.4, -0.2) is 56.7 Å². The molecule has 0 aliphatic heterocycles. The van der Waals surface area contributed by atoms with E-state index in [-0.39, 0.29) is 0 Å². The Morgan fingerprint density at radius 3 is 2.31 bits per heavy atom. The summed E-state index contributed by atoms with van der Waals surface area (Å²) in [6, 6.07) is 9.05. The number of aromatic nitrogens is 7. The van der Waals surface area contributed by atoms with Crippen molar-refractivity contribution in [1.82, 2.24) is 39.6 Å². The van der Waals surface area contributed by atoms with Crippen molar-refractivity contribution < 1.29 is 9.90 Å². The molecule has 0 saturated heterocycles. The summed E-state index contributed by atoms with van der Waals surface area (Å²) in [6.45, 7) is 1.29. The summed E-state index contributed by atoms with van der Waals surface area (Å²) < 4.78 is 2.42. The van der Waals surface area contributed by atoms with Crippen LogP contribution in [0.25, 0.3) is 11.4 Å². The minimum Gasteiger partial charge on any atom is -0.480 e. The van der Waals surface area contributed by atoms with Gasteiger partial charge >= 0.3 is 5.97 Å². The van der Waals surface area contributed by atoms with Crippen LogP contribution in [0, 0.1) is 4.77 Å². The number of hydrogen-bond acceptors (Lipinski definition) is 6. The highest BCUT2D eigenvalue weighted by Gasteiger charge is 2.27. The summed E-state index contributed by atoms with van der Waals surface area (Å²) in [5.74, 6) is 1.25. The van der Waals surface area contributed by atoms with Crippen LogP contribution in [0.5, 0.6) is 0 Å². The fourth-order valence-corrected chi connectivity index (χ4v) is 3.89. The van der Waals surface area contributed by atoms with Crippen LogP contribution in [0.4, 0.5) is 0 Å². The standard InChI is InChI=1S/C21H24N8O2S/c30-20(31)16(28(13-17-22-8-9-23-17)14-18-24-10-11-25-18)7-4-12-29-19(26-27-21(29)32)15-5-2-1-3-6-15/h1-3,5-6,8-11,16H,4,7,12-14H2,(H,22,23)(H,24,25)(H,27,32)(H,30,31)/t16-/m0/s1. The molecule has 0 radical (unpaired) electrons. The molecule has 10 nitrogen and oxygen atoms in total. The second-order valence-corrected chi connectivity index (χ2v) is 7.73. The van der Waals surface area contributed by atoms with E-state index >= 15 is 0 Å². The van der Waals surface area contributed by atoms with E-state index in [1.807, 2.05) is 39.8 Å². The van der Waals surface area contributed by atoms with Gasteiger partial charge in [0, 0.05) is 36.9 Å². The van der Waals surface area contributed by atoms with Crippen molar-refractivity contribution in [2.75, 3.05) is 0 Å². The third kappa shape index (κ3) is 5.18. The van der Waals surface area contributed by atoms with E-state index in [2.05, 4.69) is 30.1 Å². The molecule has 0 aliphatic rings. The molecule has 0 aliphatic carbocycles. The third-order valence-electron chi connectivity index (χ3n) is 5.19. The SMILES string of the molecule is O=C(O)[C@H](CCCn1c(-c2ccccc2)n[nH]c1=S)N(Cc1ncc[nH]1)Cc1ncc[nH]1. The molecule has 0 bridgehead atoms. The number of nitrogens with zero attached hydrogens (tertiary/aromatic N) is 5. The average molecular weight is 453 g/mol. The lowest BCUT2D eigenvalue weighted by atomic mass is 10.1. The van der Waals surface area contributed by atoms with Crippen LogP contribution in [0.15, 0.2) is 55.1 Å². The predicted molar refractivity (Wildman–Crippen MR) is 120 cm³/mol. The van der Waals surface area contributed by atoms with E-state index < -0.39 is 12.0 Å². The van der Waals surface area contributed by atoms with Gasteiger partial charge < -0.3 is 19.6 Å². The van der Waals surface area contributed by atoms with Crippen LogP contribution in [0.1, 0.15) is 24.5 Å². The second-order valence-electron chi connectivity index (χ2n) is 7.34. The highest BCUT2D eigenvalue weighted by Crippen LogP contribution is 2.19. The normalized spacial score (nSPS) is 12.3. The lowest BCUT2D eigenvalue weighted by molar-refractivity contribution is -0.144. The zero-order valence-electron chi connectivity index (χ0n) is 17.3. The molecule has 3 heterocycles. The van der Waals surface area contributed by atoms with Crippen molar-refractivity contribution in [2.45, 2.75) is 38.5 Å². The van der Waals surface area contributed by atoms with Gasteiger partial charge in [-0.2, -0.15) is 5.10 Å². The average Bonchev–Trinajstić information content (AvgIpc) is 3.55. The minimum absolute atomic E-state index is 0.366. The molecular formula is C21H24N8O2S. The summed E-state index contributed by atoms with van der Waals surface area (Å²) in [4.78, 5) is 28.7. The Labute approximate surface area is 189 Å². The number of nitrogens with one attached hydrogen (secondary N) is 3. The lowest BCUT2D eigenvalue weighted by Gasteiger charge is -2.27. The van der Waals surface area contributed by atoms with Gasteiger partial charge in [-0.05, 0) is 25.1 Å². The molecule has 4 N–H and O–H groups in total. The summed E-state index contributed by atoms with van der Waals surface area (Å²) in [5, 5.41) is 17.2. The maximum absolute atomic E-state index is 12.2. The zero-order valence-corrected chi connectivity index (χ0v) is 18.1. The summed E-state index contributed by atoms with van der Waals surface area (Å²) >= 11 is 5.40. The topological polar surface area (TPSA) is 132 Å². The fraction of sp³-hybridized carbons (Fsp3) is 0.286. The van der Waals surface area contributed by atoms with Crippen molar-refractivity contribution in [3.05, 3.63) is 71.5 Å². The minimum atomic E-state index is -0.887. The van der Waals surface area contributed by atoms with Gasteiger partial charge in [0.15, 0.2) is 10.6 Å². The molecule has 11 heteroatoms. The number of aromatic amines is 3. The second kappa shape index (κ2) is 10.2. The molecule has 1 atom stereocenters. The molecule has 0 amide bonds. The number of rotatable bonds is 11. The molecule has 166 valence electrons. The number of carboxylic acid groups (broad SMARTS) is 1. The number of benzene rings is 1. The first-order chi connectivity index (χ1) is 15.6. The van der Waals surface area contributed by atoms with E-state index in [0.29, 0.717) is 48.9 Å². The van der Waals surface area contributed by atoms with Gasteiger partial charge in [-0.1, -0.05) is 30.3 Å². The van der Waals surface area contributed by atoms with E-state index in [9.17, 15) is 9.90 Å². The van der Waals surface area contributed by atoms with Gasteiger partial charge in [-0.25, -0.2) is 9.97 Å². The molecule has 4 aromatic rings. The number of aliphatic carboxylic acids is 1. The molecule has 0 saturated carbocycles. The number of imidazole rings is 2. The van der Waals surface area contributed by atoms with Gasteiger partial charge in [-0.15, -0.1) is 0 Å². The van der Waals surface area contributed by atoms with Gasteiger partial charge in [0.05, 0.1) is 13.1 Å². The van der Waals surface area contributed by atoms with Gasteiger partial charge in [0.25, 0.3) is 0 Å². The highest BCUT2D eigenvalue weighted by molar-refractivity contribution is 7.71. The molecule has 0 spiro atoms. The lowest BCUT2D eigenvalue weighted by Crippen LogP contribution is -2.41. The molecule has 0 unspecified atom stereocenters. The summed E-state index contributed by atoms with van der Waals surface area (Å²) in [5.41, 5.74) is 0.951. The predicted octanol–water partition coefficient (Wildman–Crippen LogP) is 2.99. The maximum Gasteiger partial charge on any atom is 0.320 e. The summed E-state index contributed by atoms with van der Waals surface area (Å²) in [7, 11) is 0. The Hall–Kier alpha value is -3.57. The molecule has 0 fully saturated rings. The first-order valence-electron chi connectivity index (χ1n) is 10.3. The highest BCUT2D eigenvalue weighted by atomic mass is 32.1. The van der Waals surface area contributed by atoms with Crippen molar-refractivity contribution in [2.24, 2.45) is 0 Å². The number of H-pyrrole nitrogens is 3. The largest absolute Gasteiger partial charge is 0.480 e. The van der Waals surface area contributed by atoms with E-state index in [1.54, 1.807) is 24.8 Å². The first kappa shape index (κ1) is 21.7. The quantitative estimate of drug-likeness (QED) is 0.257. The van der Waals surface area contributed by atoms with Crippen molar-refractivity contribution >= 4 is 18.2 Å². The Bertz CT molecular complexity index is 1130. The van der Waals surface area contributed by atoms with E-state index in [0.717, 1.165) is 11.4 Å². The molecule has 4 rings (SSSR count).